The average molecular weight is 418 g/mol. The van der Waals surface area contributed by atoms with Gasteiger partial charge >= 0.3 is 0 Å². The van der Waals surface area contributed by atoms with Gasteiger partial charge in [0.15, 0.2) is 0 Å². The molecular formula is C19H20BrN3O3. The zero-order valence-corrected chi connectivity index (χ0v) is 16.1. The average Bonchev–Trinajstić information content (AvgIpc) is 2.61. The maximum Gasteiger partial charge on any atom is 0.269 e. The summed E-state index contributed by atoms with van der Waals surface area (Å²) < 4.78 is 0.764. The minimum atomic E-state index is -0.440. The zero-order valence-electron chi connectivity index (χ0n) is 14.6. The van der Waals surface area contributed by atoms with E-state index in [1.165, 1.54) is 0 Å². The molecule has 0 aliphatic heterocycles. The summed E-state index contributed by atoms with van der Waals surface area (Å²) in [6.07, 6.45) is -0.0125. The Morgan fingerprint density at radius 3 is 2.38 bits per heavy atom. The Morgan fingerprint density at radius 1 is 0.923 bits per heavy atom. The fourth-order valence-corrected chi connectivity index (χ4v) is 2.60. The molecular weight excluding hydrogens is 398 g/mol. The first-order valence-corrected chi connectivity index (χ1v) is 8.86. The Balaban J connectivity index is 1.77. The number of carbonyl (C=O) groups is 3. The van der Waals surface area contributed by atoms with Crippen LogP contribution in [0.5, 0.6) is 0 Å². The van der Waals surface area contributed by atoms with Crippen LogP contribution in [-0.4, -0.2) is 17.7 Å². The number of hydrazine groups is 1. The van der Waals surface area contributed by atoms with Crippen molar-refractivity contribution in [3.05, 3.63) is 63.6 Å². The summed E-state index contributed by atoms with van der Waals surface area (Å²) in [6.45, 7) is 3.84. The molecule has 26 heavy (non-hydrogen) atoms. The third-order valence-corrected chi connectivity index (χ3v) is 4.14. The second-order valence-electron chi connectivity index (χ2n) is 5.88. The lowest BCUT2D eigenvalue weighted by Gasteiger charge is -2.10. The molecule has 0 atom stereocenters. The molecule has 0 saturated heterocycles. The molecule has 2 aromatic rings. The van der Waals surface area contributed by atoms with Gasteiger partial charge in [-0.15, -0.1) is 0 Å². The fourth-order valence-electron chi connectivity index (χ4n) is 2.20. The highest BCUT2D eigenvalue weighted by Crippen LogP contribution is 2.16. The summed E-state index contributed by atoms with van der Waals surface area (Å²) in [5, 5.41) is 2.79. The molecule has 7 heteroatoms. The SMILES string of the molecule is Cc1ccc(C)c(NC(=O)CCC(=O)NNC(=O)c2cccc(Br)c2)c1. The van der Waals surface area contributed by atoms with Crippen molar-refractivity contribution in [2.45, 2.75) is 26.7 Å². The summed E-state index contributed by atoms with van der Waals surface area (Å²) >= 11 is 3.28. The van der Waals surface area contributed by atoms with E-state index >= 15 is 0 Å². The van der Waals surface area contributed by atoms with Crippen molar-refractivity contribution < 1.29 is 14.4 Å². The first kappa shape index (κ1) is 19.7. The molecule has 3 amide bonds. The lowest BCUT2D eigenvalue weighted by molar-refractivity contribution is -0.124. The van der Waals surface area contributed by atoms with Crippen LogP contribution in [0, 0.1) is 13.8 Å². The first-order chi connectivity index (χ1) is 12.3. The van der Waals surface area contributed by atoms with E-state index in [0.29, 0.717) is 5.56 Å². The van der Waals surface area contributed by atoms with Crippen molar-refractivity contribution >= 4 is 39.3 Å². The van der Waals surface area contributed by atoms with E-state index in [2.05, 4.69) is 32.1 Å². The number of aryl methyl sites for hydroxylation is 2. The van der Waals surface area contributed by atoms with Gasteiger partial charge in [0.25, 0.3) is 5.91 Å². The molecule has 3 N–H and O–H groups in total. The second kappa shape index (κ2) is 9.15. The third kappa shape index (κ3) is 6.00. The number of amides is 3. The van der Waals surface area contributed by atoms with E-state index in [9.17, 15) is 14.4 Å². The fraction of sp³-hybridized carbons (Fsp3) is 0.211. The van der Waals surface area contributed by atoms with E-state index in [4.69, 9.17) is 0 Å². The van der Waals surface area contributed by atoms with Gasteiger partial charge in [-0.05, 0) is 49.2 Å². The van der Waals surface area contributed by atoms with Crippen LogP contribution in [0.1, 0.15) is 34.3 Å². The Labute approximate surface area is 160 Å². The van der Waals surface area contributed by atoms with Crippen molar-refractivity contribution in [2.24, 2.45) is 0 Å². The van der Waals surface area contributed by atoms with Crippen LogP contribution in [-0.2, 0) is 9.59 Å². The summed E-state index contributed by atoms with van der Waals surface area (Å²) in [7, 11) is 0. The molecule has 0 aromatic heterocycles. The number of hydrogen-bond donors (Lipinski definition) is 3. The molecule has 0 saturated carbocycles. The van der Waals surface area contributed by atoms with Crippen LogP contribution in [0.15, 0.2) is 46.9 Å². The highest BCUT2D eigenvalue weighted by molar-refractivity contribution is 9.10. The molecule has 0 aliphatic rings. The Bertz CT molecular complexity index is 837. The van der Waals surface area contributed by atoms with Crippen LogP contribution in [0.4, 0.5) is 5.69 Å². The van der Waals surface area contributed by atoms with E-state index in [0.717, 1.165) is 21.3 Å². The van der Waals surface area contributed by atoms with Crippen LogP contribution in [0.3, 0.4) is 0 Å². The van der Waals surface area contributed by atoms with Crippen LogP contribution in [0.2, 0.25) is 0 Å². The van der Waals surface area contributed by atoms with Gasteiger partial charge in [0.2, 0.25) is 11.8 Å². The minimum Gasteiger partial charge on any atom is -0.326 e. The summed E-state index contributed by atoms with van der Waals surface area (Å²) in [5.41, 5.74) is 7.77. The van der Waals surface area contributed by atoms with Crippen LogP contribution < -0.4 is 16.2 Å². The van der Waals surface area contributed by atoms with Crippen molar-refractivity contribution in [1.82, 2.24) is 10.9 Å². The topological polar surface area (TPSA) is 87.3 Å². The monoisotopic (exact) mass is 417 g/mol. The van der Waals surface area contributed by atoms with Gasteiger partial charge in [-0.2, -0.15) is 0 Å². The van der Waals surface area contributed by atoms with E-state index < -0.39 is 11.8 Å². The van der Waals surface area contributed by atoms with Gasteiger partial charge in [-0.25, -0.2) is 0 Å². The lowest BCUT2D eigenvalue weighted by Crippen LogP contribution is -2.41. The van der Waals surface area contributed by atoms with Gasteiger partial charge in [-0.3, -0.25) is 25.2 Å². The predicted octanol–water partition coefficient (Wildman–Crippen LogP) is 3.25. The highest BCUT2D eigenvalue weighted by atomic mass is 79.9. The van der Waals surface area contributed by atoms with E-state index in [1.54, 1.807) is 24.3 Å². The zero-order chi connectivity index (χ0) is 19.1. The molecule has 136 valence electrons. The van der Waals surface area contributed by atoms with Gasteiger partial charge < -0.3 is 5.32 Å². The van der Waals surface area contributed by atoms with Gasteiger partial charge in [0, 0.05) is 28.6 Å². The number of halogens is 1. The van der Waals surface area contributed by atoms with Crippen molar-refractivity contribution in [3.8, 4) is 0 Å². The molecule has 2 aromatic carbocycles. The largest absolute Gasteiger partial charge is 0.326 e. The molecule has 0 bridgehead atoms. The summed E-state index contributed by atoms with van der Waals surface area (Å²) in [4.78, 5) is 35.7. The Morgan fingerprint density at radius 2 is 1.65 bits per heavy atom. The molecule has 0 spiro atoms. The predicted molar refractivity (Wildman–Crippen MR) is 104 cm³/mol. The van der Waals surface area contributed by atoms with Crippen molar-refractivity contribution in [1.29, 1.82) is 0 Å². The van der Waals surface area contributed by atoms with Gasteiger partial charge in [0.05, 0.1) is 0 Å². The van der Waals surface area contributed by atoms with E-state index in [-0.39, 0.29) is 18.7 Å². The van der Waals surface area contributed by atoms with E-state index in [1.807, 2.05) is 32.0 Å². The molecule has 0 radical (unpaired) electrons. The molecule has 0 aliphatic carbocycles. The number of nitrogens with one attached hydrogen (secondary N) is 3. The molecule has 6 nitrogen and oxygen atoms in total. The number of carbonyl (C=O) groups excluding carboxylic acids is 3. The Hall–Kier alpha value is -2.67. The number of rotatable bonds is 5. The van der Waals surface area contributed by atoms with Crippen LogP contribution in [0.25, 0.3) is 0 Å². The number of anilines is 1. The molecule has 0 unspecified atom stereocenters. The second-order valence-corrected chi connectivity index (χ2v) is 6.79. The summed E-state index contributed by atoms with van der Waals surface area (Å²) in [5.74, 6) is -1.13. The van der Waals surface area contributed by atoms with Crippen molar-refractivity contribution in [2.75, 3.05) is 5.32 Å². The molecule has 2 rings (SSSR count). The molecule has 0 fully saturated rings. The maximum atomic E-state index is 12.0. The first-order valence-electron chi connectivity index (χ1n) is 8.07. The number of hydrogen-bond acceptors (Lipinski definition) is 3. The van der Waals surface area contributed by atoms with Crippen LogP contribution >= 0.6 is 15.9 Å². The quantitative estimate of drug-likeness (QED) is 0.652. The maximum absolute atomic E-state index is 12.0. The van der Waals surface area contributed by atoms with Crippen molar-refractivity contribution in [3.63, 3.8) is 0 Å². The van der Waals surface area contributed by atoms with Gasteiger partial charge in [0.1, 0.15) is 0 Å². The highest BCUT2D eigenvalue weighted by Gasteiger charge is 2.11. The number of benzene rings is 2. The minimum absolute atomic E-state index is 0.0198. The normalized spacial score (nSPS) is 10.1. The smallest absolute Gasteiger partial charge is 0.269 e. The molecule has 0 heterocycles. The van der Waals surface area contributed by atoms with Gasteiger partial charge in [-0.1, -0.05) is 34.1 Å². The Kier molecular flexibility index (Phi) is 6.91. The lowest BCUT2D eigenvalue weighted by atomic mass is 10.1. The third-order valence-electron chi connectivity index (χ3n) is 3.65. The summed E-state index contributed by atoms with van der Waals surface area (Å²) in [6, 6.07) is 12.6. The standard InChI is InChI=1S/C19H20BrN3O3/c1-12-6-7-13(2)16(10-12)21-17(24)8-9-18(25)22-23-19(26)14-4-3-5-15(20)11-14/h3-7,10-11H,8-9H2,1-2H3,(H,21,24)(H,22,25)(H,23,26).